The Morgan fingerprint density at radius 3 is 2.88 bits per heavy atom. The molecule has 3 N–H and O–H groups in total. The molecule has 2 aromatic rings. The second kappa shape index (κ2) is 4.69. The SMILES string of the molecule is Cc1cn[nH]c1NC(=O)Cc1ccccc1O. The summed E-state index contributed by atoms with van der Waals surface area (Å²) in [6, 6.07) is 6.78. The van der Waals surface area contributed by atoms with Crippen molar-refractivity contribution in [3.05, 3.63) is 41.6 Å². The third-order valence-corrected chi connectivity index (χ3v) is 2.44. The van der Waals surface area contributed by atoms with E-state index in [0.29, 0.717) is 11.4 Å². The Balaban J connectivity index is 2.03. The zero-order valence-electron chi connectivity index (χ0n) is 9.40. The molecule has 0 aliphatic rings. The molecule has 1 aromatic carbocycles. The lowest BCUT2D eigenvalue weighted by atomic mass is 10.1. The van der Waals surface area contributed by atoms with Crippen LogP contribution in [0.2, 0.25) is 0 Å². The van der Waals surface area contributed by atoms with Gasteiger partial charge in [0.1, 0.15) is 11.6 Å². The first-order valence-electron chi connectivity index (χ1n) is 5.23. The molecular formula is C12H13N3O2. The first kappa shape index (κ1) is 11.2. The summed E-state index contributed by atoms with van der Waals surface area (Å²) in [6.45, 7) is 1.85. The zero-order valence-corrected chi connectivity index (χ0v) is 9.40. The number of amides is 1. The van der Waals surface area contributed by atoms with E-state index in [1.54, 1.807) is 30.5 Å². The molecule has 5 heteroatoms. The molecule has 0 spiro atoms. The van der Waals surface area contributed by atoms with E-state index in [4.69, 9.17) is 0 Å². The average molecular weight is 231 g/mol. The van der Waals surface area contributed by atoms with Gasteiger partial charge in [-0.05, 0) is 13.0 Å². The molecule has 0 aliphatic heterocycles. The fraction of sp³-hybridized carbons (Fsp3) is 0.167. The van der Waals surface area contributed by atoms with Gasteiger partial charge in [0.25, 0.3) is 0 Å². The van der Waals surface area contributed by atoms with Crippen molar-refractivity contribution in [2.45, 2.75) is 13.3 Å². The van der Waals surface area contributed by atoms with Gasteiger partial charge in [-0.15, -0.1) is 0 Å². The smallest absolute Gasteiger partial charge is 0.230 e. The molecule has 0 radical (unpaired) electrons. The highest BCUT2D eigenvalue weighted by Gasteiger charge is 2.09. The van der Waals surface area contributed by atoms with Crippen LogP contribution in [-0.4, -0.2) is 21.2 Å². The largest absolute Gasteiger partial charge is 0.508 e. The highest BCUT2D eigenvalue weighted by molar-refractivity contribution is 5.92. The number of H-pyrrole nitrogens is 1. The number of aryl methyl sites for hydroxylation is 1. The Kier molecular flexibility index (Phi) is 3.09. The van der Waals surface area contributed by atoms with Gasteiger partial charge in [-0.3, -0.25) is 9.89 Å². The number of anilines is 1. The number of carbonyl (C=O) groups excluding carboxylic acids is 1. The maximum absolute atomic E-state index is 11.7. The molecule has 0 atom stereocenters. The number of para-hydroxylation sites is 1. The van der Waals surface area contributed by atoms with Crippen LogP contribution in [0.25, 0.3) is 0 Å². The third-order valence-electron chi connectivity index (χ3n) is 2.44. The number of phenolic OH excluding ortho intramolecular Hbond substituents is 1. The summed E-state index contributed by atoms with van der Waals surface area (Å²) in [7, 11) is 0. The van der Waals surface area contributed by atoms with Crippen LogP contribution in [0.15, 0.2) is 30.5 Å². The number of nitrogens with one attached hydrogen (secondary N) is 2. The molecular weight excluding hydrogens is 218 g/mol. The van der Waals surface area contributed by atoms with Crippen molar-refractivity contribution >= 4 is 11.7 Å². The van der Waals surface area contributed by atoms with Crippen molar-refractivity contribution < 1.29 is 9.90 Å². The van der Waals surface area contributed by atoms with Crippen LogP contribution in [0.4, 0.5) is 5.82 Å². The summed E-state index contributed by atoms with van der Waals surface area (Å²) in [5.74, 6) is 0.522. The van der Waals surface area contributed by atoms with Crippen molar-refractivity contribution in [1.82, 2.24) is 10.2 Å². The minimum Gasteiger partial charge on any atom is -0.508 e. The number of carbonyl (C=O) groups is 1. The first-order valence-corrected chi connectivity index (χ1v) is 5.23. The van der Waals surface area contributed by atoms with E-state index >= 15 is 0 Å². The van der Waals surface area contributed by atoms with Gasteiger partial charge in [-0.2, -0.15) is 5.10 Å². The van der Waals surface area contributed by atoms with E-state index in [2.05, 4.69) is 15.5 Å². The van der Waals surface area contributed by atoms with Crippen molar-refractivity contribution in [1.29, 1.82) is 0 Å². The molecule has 2 rings (SSSR count). The lowest BCUT2D eigenvalue weighted by Gasteiger charge is -2.05. The quantitative estimate of drug-likeness (QED) is 0.750. The molecule has 17 heavy (non-hydrogen) atoms. The first-order chi connectivity index (χ1) is 8.16. The number of aromatic hydroxyl groups is 1. The molecule has 0 bridgehead atoms. The highest BCUT2D eigenvalue weighted by atomic mass is 16.3. The Morgan fingerprint density at radius 1 is 1.47 bits per heavy atom. The normalized spacial score (nSPS) is 10.2. The van der Waals surface area contributed by atoms with Gasteiger partial charge in [-0.1, -0.05) is 18.2 Å². The maximum atomic E-state index is 11.7. The fourth-order valence-electron chi connectivity index (χ4n) is 1.49. The van der Waals surface area contributed by atoms with E-state index in [0.717, 1.165) is 5.56 Å². The molecule has 1 heterocycles. The number of hydrogen-bond donors (Lipinski definition) is 3. The summed E-state index contributed by atoms with van der Waals surface area (Å²) in [5, 5.41) is 18.7. The maximum Gasteiger partial charge on any atom is 0.230 e. The predicted octanol–water partition coefficient (Wildman–Crippen LogP) is 1.60. The van der Waals surface area contributed by atoms with Gasteiger partial charge in [0.05, 0.1) is 12.6 Å². The van der Waals surface area contributed by atoms with Gasteiger partial charge >= 0.3 is 0 Å². The van der Waals surface area contributed by atoms with Crippen LogP contribution in [0.1, 0.15) is 11.1 Å². The lowest BCUT2D eigenvalue weighted by molar-refractivity contribution is -0.115. The molecule has 0 saturated heterocycles. The number of aromatic amines is 1. The van der Waals surface area contributed by atoms with Gasteiger partial charge in [-0.25, -0.2) is 0 Å². The van der Waals surface area contributed by atoms with Crippen LogP contribution in [0.3, 0.4) is 0 Å². The van der Waals surface area contributed by atoms with Crippen LogP contribution >= 0.6 is 0 Å². The standard InChI is InChI=1S/C12H13N3O2/c1-8-7-13-15-12(8)14-11(17)6-9-4-2-3-5-10(9)16/h2-5,7,16H,6H2,1H3,(H2,13,14,15,17). The lowest BCUT2D eigenvalue weighted by Crippen LogP contribution is -2.15. The van der Waals surface area contributed by atoms with Gasteiger partial charge in [0.2, 0.25) is 5.91 Å². The number of rotatable bonds is 3. The number of nitrogens with zero attached hydrogens (tertiary/aromatic N) is 1. The predicted molar refractivity (Wildman–Crippen MR) is 63.8 cm³/mol. The Morgan fingerprint density at radius 2 is 2.24 bits per heavy atom. The molecule has 5 nitrogen and oxygen atoms in total. The summed E-state index contributed by atoms with van der Waals surface area (Å²) < 4.78 is 0. The van der Waals surface area contributed by atoms with Crippen LogP contribution in [0, 0.1) is 6.92 Å². The monoisotopic (exact) mass is 231 g/mol. The van der Waals surface area contributed by atoms with Gasteiger partial charge in [0, 0.05) is 11.1 Å². The van der Waals surface area contributed by atoms with E-state index in [1.165, 1.54) is 0 Å². The second-order valence-corrected chi connectivity index (χ2v) is 3.78. The van der Waals surface area contributed by atoms with E-state index in [-0.39, 0.29) is 18.1 Å². The van der Waals surface area contributed by atoms with Crippen LogP contribution in [-0.2, 0) is 11.2 Å². The number of benzene rings is 1. The molecule has 0 aliphatic carbocycles. The summed E-state index contributed by atoms with van der Waals surface area (Å²) >= 11 is 0. The zero-order chi connectivity index (χ0) is 12.3. The average Bonchev–Trinajstić information content (AvgIpc) is 2.68. The molecule has 0 saturated carbocycles. The molecule has 1 aromatic heterocycles. The van der Waals surface area contributed by atoms with Gasteiger partial charge < -0.3 is 10.4 Å². The molecule has 0 unspecified atom stereocenters. The van der Waals surface area contributed by atoms with E-state index in [9.17, 15) is 9.90 Å². The van der Waals surface area contributed by atoms with Crippen molar-refractivity contribution in [2.75, 3.05) is 5.32 Å². The molecule has 1 amide bonds. The van der Waals surface area contributed by atoms with Crippen molar-refractivity contribution in [3.8, 4) is 5.75 Å². The minimum absolute atomic E-state index is 0.129. The van der Waals surface area contributed by atoms with Crippen molar-refractivity contribution in [2.24, 2.45) is 0 Å². The van der Waals surface area contributed by atoms with Crippen LogP contribution in [0.5, 0.6) is 5.75 Å². The Bertz CT molecular complexity index is 534. The van der Waals surface area contributed by atoms with Crippen LogP contribution < -0.4 is 5.32 Å². The fourth-order valence-corrected chi connectivity index (χ4v) is 1.49. The van der Waals surface area contributed by atoms with E-state index < -0.39 is 0 Å². The number of phenols is 1. The summed E-state index contributed by atoms with van der Waals surface area (Å²) in [6.07, 6.45) is 1.76. The Labute approximate surface area is 98.5 Å². The minimum atomic E-state index is -0.196. The number of hydrogen-bond acceptors (Lipinski definition) is 3. The topological polar surface area (TPSA) is 78.0 Å². The van der Waals surface area contributed by atoms with Crippen molar-refractivity contribution in [3.63, 3.8) is 0 Å². The summed E-state index contributed by atoms with van der Waals surface area (Å²) in [5.41, 5.74) is 1.47. The summed E-state index contributed by atoms with van der Waals surface area (Å²) in [4.78, 5) is 11.7. The third kappa shape index (κ3) is 2.63. The van der Waals surface area contributed by atoms with Gasteiger partial charge in [0.15, 0.2) is 0 Å². The second-order valence-electron chi connectivity index (χ2n) is 3.78. The molecule has 88 valence electrons. The van der Waals surface area contributed by atoms with E-state index in [1.807, 2.05) is 6.92 Å². The highest BCUT2D eigenvalue weighted by Crippen LogP contribution is 2.17. The Hall–Kier alpha value is -2.30. The molecule has 0 fully saturated rings. The number of aromatic nitrogens is 2.